The smallest absolute Gasteiger partial charge is 0.407 e. The highest BCUT2D eigenvalue weighted by Crippen LogP contribution is 2.32. The van der Waals surface area contributed by atoms with Crippen LogP contribution in [0.1, 0.15) is 36.1 Å². The second-order valence-corrected chi connectivity index (χ2v) is 11.2. The van der Waals surface area contributed by atoms with Gasteiger partial charge in [0.2, 0.25) is 0 Å². The Balaban J connectivity index is 1.42. The van der Waals surface area contributed by atoms with Gasteiger partial charge in [-0.3, -0.25) is 4.90 Å². The van der Waals surface area contributed by atoms with Gasteiger partial charge in [-0.15, -0.1) is 0 Å². The van der Waals surface area contributed by atoms with Crippen molar-refractivity contribution in [2.24, 2.45) is 5.10 Å². The number of amides is 1. The van der Waals surface area contributed by atoms with Crippen LogP contribution in [0.2, 0.25) is 0 Å². The number of hydrogen-bond acceptors (Lipinski definition) is 5. The van der Waals surface area contributed by atoms with Gasteiger partial charge in [0, 0.05) is 12.0 Å². The van der Waals surface area contributed by atoms with Crippen molar-refractivity contribution in [3.63, 3.8) is 0 Å². The van der Waals surface area contributed by atoms with Crippen LogP contribution in [-0.4, -0.2) is 42.9 Å². The van der Waals surface area contributed by atoms with E-state index in [2.05, 4.69) is 9.93 Å². The Morgan fingerprint density at radius 1 is 1.03 bits per heavy atom. The van der Waals surface area contributed by atoms with Crippen LogP contribution < -0.4 is 9.57 Å². The maximum atomic E-state index is 12.9. The number of fused-ring (bicyclic) bond motifs is 2. The molecule has 9 heteroatoms. The van der Waals surface area contributed by atoms with Gasteiger partial charge in [-0.25, -0.2) is 4.79 Å². The van der Waals surface area contributed by atoms with Crippen LogP contribution in [-0.2, 0) is 10.0 Å². The van der Waals surface area contributed by atoms with Crippen molar-refractivity contribution in [2.75, 3.05) is 6.54 Å². The normalized spacial score (nSPS) is 16.8. The number of rotatable bonds is 7. The van der Waals surface area contributed by atoms with Crippen LogP contribution in [0.4, 0.5) is 4.79 Å². The highest BCUT2D eigenvalue weighted by molar-refractivity contribution is 7.89. The highest BCUT2D eigenvalue weighted by atomic mass is 32.2. The number of benzene rings is 4. The van der Waals surface area contributed by atoms with Crippen molar-refractivity contribution < 1.29 is 23.1 Å². The first-order valence-electron chi connectivity index (χ1n) is 12.6. The van der Waals surface area contributed by atoms with Gasteiger partial charge in [-0.1, -0.05) is 72.3 Å². The molecular formula is C30H29N3O5S. The number of nitrogens with one attached hydrogen (secondary N) is 1. The minimum atomic E-state index is -3.89. The zero-order chi connectivity index (χ0) is 27.6. The molecule has 0 spiro atoms. The largest absolute Gasteiger partial charge is 0.487 e. The first-order valence-corrected chi connectivity index (χ1v) is 14.1. The van der Waals surface area contributed by atoms with Gasteiger partial charge >= 0.3 is 6.09 Å². The summed E-state index contributed by atoms with van der Waals surface area (Å²) in [6.45, 7) is 3.81. The second-order valence-electron chi connectivity index (χ2n) is 9.59. The summed E-state index contributed by atoms with van der Waals surface area (Å²) in [6.07, 6.45) is -1.42. The maximum Gasteiger partial charge on any atom is 0.407 e. The highest BCUT2D eigenvalue weighted by Gasteiger charge is 2.31. The standard InChI is InChI=1S/C30H29N3O5S/c1-20-14-16-24(17-15-20)39(36,37)32-31-28-18-23(38-29-13-6-5-11-27(28)29)19-33(30(34)35)21(2)25-12-7-9-22-8-3-4-10-26(22)25/h3-17,21,23,32H,18-19H2,1-2H3,(H,34,35)/b31-28+. The molecule has 39 heavy (non-hydrogen) atoms. The van der Waals surface area contributed by atoms with Crippen molar-refractivity contribution in [3.05, 3.63) is 108 Å². The zero-order valence-corrected chi connectivity index (χ0v) is 22.4. The third-order valence-corrected chi connectivity index (χ3v) is 8.16. The fourth-order valence-corrected chi connectivity index (χ4v) is 5.68. The topological polar surface area (TPSA) is 108 Å². The average Bonchev–Trinajstić information content (AvgIpc) is 2.94. The number of nitrogens with zero attached hydrogens (tertiary/aromatic N) is 2. The molecule has 1 heterocycles. The second kappa shape index (κ2) is 10.8. The first kappa shape index (κ1) is 26.2. The average molecular weight is 544 g/mol. The molecule has 2 N–H and O–H groups in total. The minimum Gasteiger partial charge on any atom is -0.487 e. The summed E-state index contributed by atoms with van der Waals surface area (Å²) in [4.78, 5) is 16.2. The molecule has 0 aliphatic carbocycles. The van der Waals surface area contributed by atoms with E-state index in [0.29, 0.717) is 17.0 Å². The van der Waals surface area contributed by atoms with Gasteiger partial charge in [0.1, 0.15) is 11.9 Å². The number of carbonyl (C=O) groups is 1. The van der Waals surface area contributed by atoms with E-state index < -0.39 is 28.3 Å². The van der Waals surface area contributed by atoms with Crippen molar-refractivity contribution in [1.82, 2.24) is 9.73 Å². The van der Waals surface area contributed by atoms with Gasteiger partial charge < -0.3 is 9.84 Å². The first-order chi connectivity index (χ1) is 18.7. The van der Waals surface area contributed by atoms with Gasteiger partial charge in [0.25, 0.3) is 10.0 Å². The molecule has 0 radical (unpaired) electrons. The van der Waals surface area contributed by atoms with Crippen molar-refractivity contribution >= 4 is 32.6 Å². The molecule has 0 aromatic heterocycles. The Morgan fingerprint density at radius 2 is 1.72 bits per heavy atom. The molecule has 1 amide bonds. The predicted octanol–water partition coefficient (Wildman–Crippen LogP) is 5.72. The summed E-state index contributed by atoms with van der Waals surface area (Å²) in [5, 5.41) is 16.5. The quantitative estimate of drug-likeness (QED) is 0.290. The summed E-state index contributed by atoms with van der Waals surface area (Å²) in [6, 6.07) is 27.0. The maximum absolute atomic E-state index is 12.9. The summed E-state index contributed by atoms with van der Waals surface area (Å²) in [5.74, 6) is 0.519. The number of aryl methyl sites for hydroxylation is 1. The van der Waals surface area contributed by atoms with E-state index in [0.717, 1.165) is 21.9 Å². The van der Waals surface area contributed by atoms with E-state index in [1.165, 1.54) is 17.0 Å². The molecule has 4 aromatic rings. The van der Waals surface area contributed by atoms with Crippen LogP contribution >= 0.6 is 0 Å². The number of carboxylic acid groups (broad SMARTS) is 1. The fraction of sp³-hybridized carbons (Fsp3) is 0.200. The monoisotopic (exact) mass is 543 g/mol. The number of hydrogen-bond donors (Lipinski definition) is 2. The summed E-state index contributed by atoms with van der Waals surface area (Å²) in [5.41, 5.74) is 2.97. The molecule has 1 aliphatic heterocycles. The van der Waals surface area contributed by atoms with Gasteiger partial charge in [-0.05, 0) is 54.4 Å². The molecule has 0 saturated carbocycles. The van der Waals surface area contributed by atoms with Crippen LogP contribution in [0, 0.1) is 6.92 Å². The fourth-order valence-electron chi connectivity index (χ4n) is 4.85. The Hall–Kier alpha value is -4.37. The molecule has 5 rings (SSSR count). The number of para-hydroxylation sites is 1. The molecule has 200 valence electrons. The lowest BCUT2D eigenvalue weighted by Crippen LogP contribution is -2.43. The summed E-state index contributed by atoms with van der Waals surface area (Å²) >= 11 is 0. The molecule has 4 aromatic carbocycles. The molecule has 0 saturated heterocycles. The lowest BCUT2D eigenvalue weighted by molar-refractivity contribution is 0.0908. The summed E-state index contributed by atoms with van der Waals surface area (Å²) in [7, 11) is -3.89. The molecule has 1 aliphatic rings. The minimum absolute atomic E-state index is 0.0672. The van der Waals surface area contributed by atoms with Crippen LogP contribution in [0.15, 0.2) is 101 Å². The van der Waals surface area contributed by atoms with E-state index in [1.807, 2.05) is 68.4 Å². The van der Waals surface area contributed by atoms with E-state index in [1.54, 1.807) is 24.3 Å². The molecule has 0 fully saturated rings. The van der Waals surface area contributed by atoms with Gasteiger partial charge in [-0.2, -0.15) is 18.4 Å². The van der Waals surface area contributed by atoms with E-state index >= 15 is 0 Å². The zero-order valence-electron chi connectivity index (χ0n) is 21.6. The Morgan fingerprint density at radius 3 is 2.49 bits per heavy atom. The van der Waals surface area contributed by atoms with E-state index in [-0.39, 0.29) is 17.9 Å². The number of sulfonamides is 1. The van der Waals surface area contributed by atoms with Crippen molar-refractivity contribution in [1.29, 1.82) is 0 Å². The van der Waals surface area contributed by atoms with Crippen molar-refractivity contribution in [2.45, 2.75) is 37.3 Å². The van der Waals surface area contributed by atoms with Crippen LogP contribution in [0.3, 0.4) is 0 Å². The Kier molecular flexibility index (Phi) is 7.26. The lowest BCUT2D eigenvalue weighted by Gasteiger charge is -2.34. The van der Waals surface area contributed by atoms with Crippen molar-refractivity contribution in [3.8, 4) is 5.75 Å². The van der Waals surface area contributed by atoms with E-state index in [4.69, 9.17) is 4.74 Å². The third-order valence-electron chi connectivity index (χ3n) is 6.93. The lowest BCUT2D eigenvalue weighted by atomic mass is 9.97. The van der Waals surface area contributed by atoms with Gasteiger partial charge in [0.15, 0.2) is 0 Å². The molecular weight excluding hydrogens is 514 g/mol. The predicted molar refractivity (Wildman–Crippen MR) is 151 cm³/mol. The van der Waals surface area contributed by atoms with Gasteiger partial charge in [0.05, 0.1) is 23.2 Å². The Labute approximate surface area is 227 Å². The molecule has 8 nitrogen and oxygen atoms in total. The molecule has 2 unspecified atom stereocenters. The SMILES string of the molecule is Cc1ccc(S(=O)(=O)N/N=C2\CC(CN(C(=O)O)C(C)c3cccc4ccccc34)Oc3ccccc32)cc1. The summed E-state index contributed by atoms with van der Waals surface area (Å²) < 4.78 is 31.9. The number of ether oxygens (including phenoxy) is 1. The molecule has 2 atom stereocenters. The Bertz CT molecular complexity index is 1650. The third kappa shape index (κ3) is 5.58. The molecule has 0 bridgehead atoms. The van der Waals surface area contributed by atoms with Crippen LogP contribution in [0.5, 0.6) is 5.75 Å². The number of hydrazone groups is 1. The van der Waals surface area contributed by atoms with Crippen LogP contribution in [0.25, 0.3) is 10.8 Å². The van der Waals surface area contributed by atoms with E-state index in [9.17, 15) is 18.3 Å².